The third-order valence-corrected chi connectivity index (χ3v) is 3.94. The van der Waals surface area contributed by atoms with Crippen LogP contribution in [0.3, 0.4) is 0 Å². The Balaban J connectivity index is 1.81. The second kappa shape index (κ2) is 5.49. The van der Waals surface area contributed by atoms with E-state index in [4.69, 9.17) is 21.1 Å². The highest BCUT2D eigenvalue weighted by atomic mass is 35.5. The predicted octanol–water partition coefficient (Wildman–Crippen LogP) is 2.32. The number of ether oxygens (including phenoxy) is 2. The van der Waals surface area contributed by atoms with E-state index in [1.165, 1.54) is 0 Å². The number of nitrogens with zero attached hydrogens (tertiary/aromatic N) is 1. The monoisotopic (exact) mass is 281 g/mol. The van der Waals surface area contributed by atoms with Crippen LogP contribution in [0.2, 0.25) is 0 Å². The predicted molar refractivity (Wildman–Crippen MR) is 72.3 cm³/mol. The SMILES string of the molecule is O=C1CC(CCl)CN1c1cccc(C2OCCO2)c1. The third-order valence-electron chi connectivity index (χ3n) is 3.50. The first-order chi connectivity index (χ1) is 9.28. The first-order valence-corrected chi connectivity index (χ1v) is 7.01. The number of carbonyl (C=O) groups is 1. The second-order valence-corrected chi connectivity index (χ2v) is 5.21. The zero-order chi connectivity index (χ0) is 13.2. The molecule has 5 heteroatoms. The van der Waals surface area contributed by atoms with Gasteiger partial charge in [-0.1, -0.05) is 12.1 Å². The Bertz CT molecular complexity index is 474. The summed E-state index contributed by atoms with van der Waals surface area (Å²) in [6, 6.07) is 7.79. The van der Waals surface area contributed by atoms with Crippen LogP contribution in [0.25, 0.3) is 0 Å². The Morgan fingerprint density at radius 1 is 1.32 bits per heavy atom. The summed E-state index contributed by atoms with van der Waals surface area (Å²) < 4.78 is 11.0. The number of amides is 1. The Labute approximate surface area is 117 Å². The fraction of sp³-hybridized carbons (Fsp3) is 0.500. The quantitative estimate of drug-likeness (QED) is 0.798. The van der Waals surface area contributed by atoms with Gasteiger partial charge in [0.15, 0.2) is 6.29 Å². The molecule has 0 saturated carbocycles. The maximum atomic E-state index is 12.0. The van der Waals surface area contributed by atoms with Crippen LogP contribution in [0.1, 0.15) is 18.3 Å². The van der Waals surface area contributed by atoms with E-state index in [1.807, 2.05) is 24.3 Å². The minimum Gasteiger partial charge on any atom is -0.346 e. The van der Waals surface area contributed by atoms with Gasteiger partial charge in [-0.25, -0.2) is 0 Å². The molecule has 2 heterocycles. The summed E-state index contributed by atoms with van der Waals surface area (Å²) in [4.78, 5) is 13.8. The largest absolute Gasteiger partial charge is 0.346 e. The topological polar surface area (TPSA) is 38.8 Å². The molecule has 0 bridgehead atoms. The van der Waals surface area contributed by atoms with E-state index < -0.39 is 0 Å². The van der Waals surface area contributed by atoms with Gasteiger partial charge in [0, 0.05) is 30.1 Å². The summed E-state index contributed by atoms with van der Waals surface area (Å²) in [7, 11) is 0. The molecule has 2 aliphatic rings. The van der Waals surface area contributed by atoms with Crippen molar-refractivity contribution in [1.29, 1.82) is 0 Å². The van der Waals surface area contributed by atoms with E-state index in [-0.39, 0.29) is 18.1 Å². The third kappa shape index (κ3) is 2.61. The summed E-state index contributed by atoms with van der Waals surface area (Å²) >= 11 is 5.84. The van der Waals surface area contributed by atoms with Gasteiger partial charge < -0.3 is 14.4 Å². The Hall–Kier alpha value is -1.10. The average Bonchev–Trinajstić information content (AvgIpc) is 3.08. The van der Waals surface area contributed by atoms with Crippen LogP contribution in [0.5, 0.6) is 0 Å². The van der Waals surface area contributed by atoms with Crippen molar-refractivity contribution in [3.8, 4) is 0 Å². The van der Waals surface area contributed by atoms with Crippen molar-refractivity contribution in [1.82, 2.24) is 0 Å². The summed E-state index contributed by atoms with van der Waals surface area (Å²) in [5, 5.41) is 0. The van der Waals surface area contributed by atoms with Crippen molar-refractivity contribution in [3.63, 3.8) is 0 Å². The van der Waals surface area contributed by atoms with Crippen LogP contribution in [0.4, 0.5) is 5.69 Å². The minimum atomic E-state index is -0.304. The number of anilines is 1. The standard InChI is InChI=1S/C14H16ClNO3/c15-8-10-6-13(17)16(9-10)12-3-1-2-11(7-12)14-18-4-5-19-14/h1-3,7,10,14H,4-6,8-9H2. The zero-order valence-corrected chi connectivity index (χ0v) is 11.3. The van der Waals surface area contributed by atoms with E-state index >= 15 is 0 Å². The molecule has 102 valence electrons. The van der Waals surface area contributed by atoms with Gasteiger partial charge in [-0.05, 0) is 18.1 Å². The van der Waals surface area contributed by atoms with E-state index in [0.717, 1.165) is 11.3 Å². The number of hydrogen-bond donors (Lipinski definition) is 0. The van der Waals surface area contributed by atoms with Gasteiger partial charge >= 0.3 is 0 Å². The minimum absolute atomic E-state index is 0.135. The van der Waals surface area contributed by atoms with Crippen molar-refractivity contribution >= 4 is 23.2 Å². The summed E-state index contributed by atoms with van der Waals surface area (Å²) in [5.74, 6) is 0.907. The Morgan fingerprint density at radius 2 is 2.11 bits per heavy atom. The summed E-state index contributed by atoms with van der Waals surface area (Å²) in [6.07, 6.45) is 0.228. The normalized spacial score (nSPS) is 24.4. The molecule has 1 unspecified atom stereocenters. The summed E-state index contributed by atoms with van der Waals surface area (Å²) in [5.41, 5.74) is 1.85. The molecule has 4 nitrogen and oxygen atoms in total. The maximum Gasteiger partial charge on any atom is 0.227 e. The number of carbonyl (C=O) groups excluding carboxylic acids is 1. The molecule has 1 atom stereocenters. The summed E-state index contributed by atoms with van der Waals surface area (Å²) in [6.45, 7) is 1.93. The highest BCUT2D eigenvalue weighted by Gasteiger charge is 2.30. The van der Waals surface area contributed by atoms with Crippen LogP contribution >= 0.6 is 11.6 Å². The zero-order valence-electron chi connectivity index (χ0n) is 10.5. The van der Waals surface area contributed by atoms with Crippen molar-refractivity contribution in [3.05, 3.63) is 29.8 Å². The molecule has 0 N–H and O–H groups in total. The van der Waals surface area contributed by atoms with Crippen molar-refractivity contribution < 1.29 is 14.3 Å². The van der Waals surface area contributed by atoms with E-state index in [1.54, 1.807) is 4.90 Å². The number of halogens is 1. The van der Waals surface area contributed by atoms with Crippen molar-refractivity contribution in [2.45, 2.75) is 12.7 Å². The molecule has 0 aromatic heterocycles. The molecule has 3 rings (SSSR count). The molecule has 2 fully saturated rings. The van der Waals surface area contributed by atoms with Crippen LogP contribution in [-0.4, -0.2) is 31.5 Å². The lowest BCUT2D eigenvalue weighted by atomic mass is 10.1. The highest BCUT2D eigenvalue weighted by Crippen LogP contribution is 2.30. The van der Waals surface area contributed by atoms with Gasteiger partial charge in [-0.15, -0.1) is 11.6 Å². The Kier molecular flexibility index (Phi) is 3.73. The van der Waals surface area contributed by atoms with Crippen LogP contribution in [-0.2, 0) is 14.3 Å². The van der Waals surface area contributed by atoms with Gasteiger partial charge in [-0.3, -0.25) is 4.79 Å². The lowest BCUT2D eigenvalue weighted by molar-refractivity contribution is -0.117. The van der Waals surface area contributed by atoms with Crippen LogP contribution in [0.15, 0.2) is 24.3 Å². The van der Waals surface area contributed by atoms with E-state index in [9.17, 15) is 4.79 Å². The Morgan fingerprint density at radius 3 is 2.79 bits per heavy atom. The molecule has 1 aromatic rings. The highest BCUT2D eigenvalue weighted by molar-refractivity contribution is 6.18. The molecule has 19 heavy (non-hydrogen) atoms. The smallest absolute Gasteiger partial charge is 0.227 e. The molecule has 0 spiro atoms. The lowest BCUT2D eigenvalue weighted by Crippen LogP contribution is -2.24. The molecular formula is C14H16ClNO3. The molecule has 1 aromatic carbocycles. The van der Waals surface area contributed by atoms with Gasteiger partial charge in [0.1, 0.15) is 0 Å². The average molecular weight is 282 g/mol. The van der Waals surface area contributed by atoms with Crippen molar-refractivity contribution in [2.24, 2.45) is 5.92 Å². The molecule has 2 saturated heterocycles. The number of alkyl halides is 1. The van der Waals surface area contributed by atoms with Crippen LogP contribution in [0, 0.1) is 5.92 Å². The first kappa shape index (κ1) is 12.9. The molecule has 1 amide bonds. The first-order valence-electron chi connectivity index (χ1n) is 6.47. The second-order valence-electron chi connectivity index (χ2n) is 4.90. The number of rotatable bonds is 3. The number of hydrogen-bond acceptors (Lipinski definition) is 3. The maximum absolute atomic E-state index is 12.0. The molecular weight excluding hydrogens is 266 g/mol. The fourth-order valence-electron chi connectivity index (χ4n) is 2.52. The van der Waals surface area contributed by atoms with Gasteiger partial charge in [0.05, 0.1) is 13.2 Å². The van der Waals surface area contributed by atoms with Gasteiger partial charge in [0.25, 0.3) is 0 Å². The van der Waals surface area contributed by atoms with Gasteiger partial charge in [0.2, 0.25) is 5.91 Å². The van der Waals surface area contributed by atoms with Crippen molar-refractivity contribution in [2.75, 3.05) is 30.5 Å². The van der Waals surface area contributed by atoms with Crippen LogP contribution < -0.4 is 4.90 Å². The number of benzene rings is 1. The lowest BCUT2D eigenvalue weighted by Gasteiger charge is -2.18. The van der Waals surface area contributed by atoms with E-state index in [0.29, 0.717) is 32.1 Å². The fourth-order valence-corrected chi connectivity index (χ4v) is 2.73. The van der Waals surface area contributed by atoms with Gasteiger partial charge in [-0.2, -0.15) is 0 Å². The molecule has 0 radical (unpaired) electrons. The molecule has 2 aliphatic heterocycles. The van der Waals surface area contributed by atoms with E-state index in [2.05, 4.69) is 0 Å². The molecule has 0 aliphatic carbocycles.